The highest BCUT2D eigenvalue weighted by Gasteiger charge is 2.22. The number of aromatic nitrogens is 4. The normalized spacial score (nSPS) is 15.4. The lowest BCUT2D eigenvalue weighted by molar-refractivity contribution is 0.642. The summed E-state index contributed by atoms with van der Waals surface area (Å²) in [5.74, 6) is 0.997. The second-order valence-electron chi connectivity index (χ2n) is 5.70. The maximum atomic E-state index is 4.82. The third-order valence-electron chi connectivity index (χ3n) is 4.08. The molecular formula is C16H18N6S. The van der Waals surface area contributed by atoms with Gasteiger partial charge >= 0.3 is 0 Å². The highest BCUT2D eigenvalue weighted by Crippen LogP contribution is 2.24. The van der Waals surface area contributed by atoms with Gasteiger partial charge in [-0.2, -0.15) is 0 Å². The van der Waals surface area contributed by atoms with Gasteiger partial charge in [-0.3, -0.25) is 0 Å². The number of para-hydroxylation sites is 2. The summed E-state index contributed by atoms with van der Waals surface area (Å²) in [5.41, 5.74) is 2.90. The van der Waals surface area contributed by atoms with Gasteiger partial charge in [-0.1, -0.05) is 23.5 Å². The van der Waals surface area contributed by atoms with E-state index in [9.17, 15) is 0 Å². The summed E-state index contributed by atoms with van der Waals surface area (Å²) in [6.07, 6.45) is 0. The molecule has 1 aliphatic rings. The molecular weight excluding hydrogens is 308 g/mol. The first-order valence-electron chi connectivity index (χ1n) is 7.74. The smallest absolute Gasteiger partial charge is 0.208 e. The van der Waals surface area contributed by atoms with Gasteiger partial charge in [0.2, 0.25) is 5.13 Å². The molecule has 2 aromatic heterocycles. The average molecular weight is 326 g/mol. The Morgan fingerprint density at radius 2 is 1.52 bits per heavy atom. The molecule has 0 spiro atoms. The number of hydrogen-bond acceptors (Lipinski definition) is 7. The molecule has 0 atom stereocenters. The molecule has 0 bridgehead atoms. The van der Waals surface area contributed by atoms with Crippen molar-refractivity contribution in [3.05, 3.63) is 35.0 Å². The summed E-state index contributed by atoms with van der Waals surface area (Å²) in [5, 5.41) is 10.4. The maximum Gasteiger partial charge on any atom is 0.208 e. The number of rotatable bonds is 2. The highest BCUT2D eigenvalue weighted by molar-refractivity contribution is 7.15. The van der Waals surface area contributed by atoms with Gasteiger partial charge in [-0.05, 0) is 26.0 Å². The van der Waals surface area contributed by atoms with Crippen molar-refractivity contribution in [3.8, 4) is 0 Å². The molecule has 0 amide bonds. The monoisotopic (exact) mass is 326 g/mol. The summed E-state index contributed by atoms with van der Waals surface area (Å²) in [6.45, 7) is 7.74. The summed E-state index contributed by atoms with van der Waals surface area (Å²) in [6, 6.07) is 8.03. The molecule has 0 unspecified atom stereocenters. The molecule has 0 N–H and O–H groups in total. The molecule has 3 aromatic rings. The Hall–Kier alpha value is -2.28. The predicted octanol–water partition coefficient (Wildman–Crippen LogP) is 2.42. The molecule has 0 saturated carbocycles. The fourth-order valence-corrected chi connectivity index (χ4v) is 3.64. The van der Waals surface area contributed by atoms with Crippen LogP contribution >= 0.6 is 11.3 Å². The molecule has 0 aliphatic carbocycles. The zero-order chi connectivity index (χ0) is 15.8. The fourth-order valence-electron chi connectivity index (χ4n) is 2.90. The quantitative estimate of drug-likeness (QED) is 0.721. The van der Waals surface area contributed by atoms with Gasteiger partial charge in [-0.15, -0.1) is 10.2 Å². The van der Waals surface area contributed by atoms with Gasteiger partial charge in [-0.25, -0.2) is 9.97 Å². The van der Waals surface area contributed by atoms with E-state index in [1.807, 2.05) is 38.1 Å². The molecule has 7 heteroatoms. The van der Waals surface area contributed by atoms with Crippen LogP contribution in [0, 0.1) is 13.8 Å². The van der Waals surface area contributed by atoms with Gasteiger partial charge in [0.25, 0.3) is 0 Å². The van der Waals surface area contributed by atoms with Gasteiger partial charge in [0.05, 0.1) is 16.7 Å². The zero-order valence-electron chi connectivity index (χ0n) is 13.2. The van der Waals surface area contributed by atoms with Crippen LogP contribution in [0.5, 0.6) is 0 Å². The highest BCUT2D eigenvalue weighted by atomic mass is 32.1. The second-order valence-corrected chi connectivity index (χ2v) is 6.86. The van der Waals surface area contributed by atoms with Crippen LogP contribution in [0.3, 0.4) is 0 Å². The second kappa shape index (κ2) is 5.73. The van der Waals surface area contributed by atoms with Crippen LogP contribution < -0.4 is 9.80 Å². The minimum atomic E-state index is 0.923. The van der Waals surface area contributed by atoms with Crippen molar-refractivity contribution in [2.75, 3.05) is 36.0 Å². The van der Waals surface area contributed by atoms with E-state index in [2.05, 4.69) is 20.0 Å². The largest absolute Gasteiger partial charge is 0.352 e. The molecule has 1 saturated heterocycles. The number of piperazine rings is 1. The molecule has 118 valence electrons. The van der Waals surface area contributed by atoms with E-state index >= 15 is 0 Å². The fraction of sp³-hybridized carbons (Fsp3) is 0.375. The Morgan fingerprint density at radius 1 is 0.870 bits per heavy atom. The van der Waals surface area contributed by atoms with E-state index < -0.39 is 0 Å². The first-order valence-corrected chi connectivity index (χ1v) is 8.56. The molecule has 6 nitrogen and oxygen atoms in total. The lowest BCUT2D eigenvalue weighted by Gasteiger charge is -2.35. The minimum absolute atomic E-state index is 0.923. The van der Waals surface area contributed by atoms with E-state index in [0.717, 1.165) is 58.9 Å². The average Bonchev–Trinajstić information content (AvgIpc) is 3.01. The molecule has 1 aromatic carbocycles. The third-order valence-corrected chi connectivity index (χ3v) is 4.98. The van der Waals surface area contributed by atoms with Crippen molar-refractivity contribution in [3.63, 3.8) is 0 Å². The van der Waals surface area contributed by atoms with Gasteiger partial charge in [0.1, 0.15) is 5.01 Å². The predicted molar refractivity (Wildman–Crippen MR) is 93.3 cm³/mol. The summed E-state index contributed by atoms with van der Waals surface area (Å²) >= 11 is 1.65. The Labute approximate surface area is 138 Å². The number of benzene rings is 1. The molecule has 0 radical (unpaired) electrons. The Bertz CT molecular complexity index is 837. The van der Waals surface area contributed by atoms with Crippen LogP contribution in [-0.2, 0) is 0 Å². The lowest BCUT2D eigenvalue weighted by Crippen LogP contribution is -2.47. The first-order chi connectivity index (χ1) is 11.2. The standard InChI is InChI=1S/C16H18N6S/c1-11-15(18-14-6-4-3-5-13(14)17-11)21-7-9-22(10-8-21)16-20-19-12(2)23-16/h3-6H,7-10H2,1-2H3. The molecule has 1 fully saturated rings. The molecule has 4 rings (SSSR count). The van der Waals surface area contributed by atoms with E-state index in [1.54, 1.807) is 11.3 Å². The van der Waals surface area contributed by atoms with Crippen LogP contribution in [0.1, 0.15) is 10.7 Å². The maximum absolute atomic E-state index is 4.82. The lowest BCUT2D eigenvalue weighted by atomic mass is 10.2. The van der Waals surface area contributed by atoms with E-state index in [0.29, 0.717) is 0 Å². The topological polar surface area (TPSA) is 58.0 Å². The van der Waals surface area contributed by atoms with Gasteiger partial charge in [0, 0.05) is 26.2 Å². The van der Waals surface area contributed by atoms with Gasteiger partial charge in [0.15, 0.2) is 5.82 Å². The summed E-state index contributed by atoms with van der Waals surface area (Å²) in [7, 11) is 0. The number of nitrogens with zero attached hydrogens (tertiary/aromatic N) is 6. The summed E-state index contributed by atoms with van der Waals surface area (Å²) in [4.78, 5) is 14.1. The van der Waals surface area contributed by atoms with Crippen molar-refractivity contribution in [2.24, 2.45) is 0 Å². The van der Waals surface area contributed by atoms with Crippen molar-refractivity contribution in [2.45, 2.75) is 13.8 Å². The zero-order valence-corrected chi connectivity index (χ0v) is 14.0. The molecule has 3 heterocycles. The van der Waals surface area contributed by atoms with Crippen LogP contribution in [0.4, 0.5) is 10.9 Å². The number of aryl methyl sites for hydroxylation is 2. The van der Waals surface area contributed by atoms with Crippen LogP contribution in [0.2, 0.25) is 0 Å². The summed E-state index contributed by atoms with van der Waals surface area (Å²) < 4.78 is 0. The van der Waals surface area contributed by atoms with E-state index in [-0.39, 0.29) is 0 Å². The van der Waals surface area contributed by atoms with E-state index in [1.165, 1.54) is 0 Å². The SMILES string of the molecule is Cc1nnc(N2CCN(c3nc4ccccc4nc3C)CC2)s1. The third kappa shape index (κ3) is 2.72. The Kier molecular flexibility index (Phi) is 3.57. The number of hydrogen-bond donors (Lipinski definition) is 0. The molecule has 23 heavy (non-hydrogen) atoms. The molecule has 1 aliphatic heterocycles. The Morgan fingerprint density at radius 3 is 2.17 bits per heavy atom. The van der Waals surface area contributed by atoms with Crippen molar-refractivity contribution >= 4 is 33.3 Å². The number of fused-ring (bicyclic) bond motifs is 1. The van der Waals surface area contributed by atoms with Crippen molar-refractivity contribution < 1.29 is 0 Å². The first kappa shape index (κ1) is 14.3. The van der Waals surface area contributed by atoms with Crippen LogP contribution in [-0.4, -0.2) is 46.3 Å². The van der Waals surface area contributed by atoms with Crippen molar-refractivity contribution in [1.82, 2.24) is 20.2 Å². The Balaban J connectivity index is 1.55. The number of anilines is 2. The van der Waals surface area contributed by atoms with Crippen LogP contribution in [0.25, 0.3) is 11.0 Å². The van der Waals surface area contributed by atoms with E-state index in [4.69, 9.17) is 9.97 Å². The van der Waals surface area contributed by atoms with Gasteiger partial charge < -0.3 is 9.80 Å². The van der Waals surface area contributed by atoms with Crippen LogP contribution in [0.15, 0.2) is 24.3 Å². The minimum Gasteiger partial charge on any atom is -0.352 e. The van der Waals surface area contributed by atoms with Crippen molar-refractivity contribution in [1.29, 1.82) is 0 Å².